The molecule has 0 unspecified atom stereocenters. The van der Waals surface area contributed by atoms with Gasteiger partial charge in [0.1, 0.15) is 23.9 Å². The minimum Gasteiger partial charge on any atom is -0.491 e. The van der Waals surface area contributed by atoms with E-state index in [0.29, 0.717) is 28.4 Å². The van der Waals surface area contributed by atoms with Crippen LogP contribution in [-0.4, -0.2) is 24.1 Å². The van der Waals surface area contributed by atoms with Gasteiger partial charge in [-0.3, -0.25) is 4.79 Å². The van der Waals surface area contributed by atoms with E-state index in [1.165, 1.54) is 0 Å². The second-order valence-electron chi connectivity index (χ2n) is 4.86. The molecule has 1 aromatic rings. The summed E-state index contributed by atoms with van der Waals surface area (Å²) in [6.07, 6.45) is 5.00. The van der Waals surface area contributed by atoms with Crippen molar-refractivity contribution in [2.24, 2.45) is 0 Å². The highest BCUT2D eigenvalue weighted by Gasteiger charge is 2.06. The van der Waals surface area contributed by atoms with Crippen molar-refractivity contribution in [3.8, 4) is 5.75 Å². The van der Waals surface area contributed by atoms with E-state index >= 15 is 0 Å². The van der Waals surface area contributed by atoms with E-state index in [1.54, 1.807) is 56.3 Å². The molecule has 0 aliphatic carbocycles. The molecule has 1 rings (SSSR count). The van der Waals surface area contributed by atoms with Gasteiger partial charge in [-0.1, -0.05) is 13.2 Å². The molecule has 1 N–H and O–H groups in total. The Balaban J connectivity index is 2.73. The van der Waals surface area contributed by atoms with Crippen molar-refractivity contribution in [1.82, 2.24) is 0 Å². The zero-order valence-electron chi connectivity index (χ0n) is 13.5. The number of aliphatic hydroxyl groups excluding tert-OH is 1. The van der Waals surface area contributed by atoms with Crippen molar-refractivity contribution in [2.75, 3.05) is 13.2 Å². The summed E-state index contributed by atoms with van der Waals surface area (Å²) in [5, 5.41) is 8.72. The third kappa shape index (κ3) is 6.36. The molecule has 0 atom stereocenters. The lowest BCUT2D eigenvalue weighted by molar-refractivity contribution is 0.103. The van der Waals surface area contributed by atoms with E-state index in [1.807, 2.05) is 0 Å². The van der Waals surface area contributed by atoms with Gasteiger partial charge in [-0.25, -0.2) is 0 Å². The highest BCUT2D eigenvalue weighted by Crippen LogP contribution is 2.17. The minimum absolute atomic E-state index is 0.0559. The van der Waals surface area contributed by atoms with Gasteiger partial charge in [0.2, 0.25) is 0 Å². The van der Waals surface area contributed by atoms with E-state index in [9.17, 15) is 4.79 Å². The molecule has 23 heavy (non-hydrogen) atoms. The molecular formula is C19H22O4. The number of allylic oxidation sites excluding steroid dienone is 5. The first-order chi connectivity index (χ1) is 11.0. The monoisotopic (exact) mass is 314 g/mol. The van der Waals surface area contributed by atoms with Crippen LogP contribution in [0.15, 0.2) is 72.7 Å². The highest BCUT2D eigenvalue weighted by molar-refractivity contribution is 6.07. The van der Waals surface area contributed by atoms with Crippen LogP contribution in [-0.2, 0) is 4.74 Å². The Labute approximate surface area is 137 Å². The number of Topliss-reactive ketones (excluding diaryl/α,β-unsaturated/α-hetero) is 1. The first-order valence-electron chi connectivity index (χ1n) is 7.20. The van der Waals surface area contributed by atoms with Crippen molar-refractivity contribution in [3.05, 3.63) is 78.3 Å². The van der Waals surface area contributed by atoms with Gasteiger partial charge in [-0.2, -0.15) is 0 Å². The van der Waals surface area contributed by atoms with Crippen LogP contribution < -0.4 is 4.74 Å². The highest BCUT2D eigenvalue weighted by atomic mass is 16.5. The lowest BCUT2D eigenvalue weighted by Gasteiger charge is -2.07. The predicted molar refractivity (Wildman–Crippen MR) is 91.3 cm³/mol. The van der Waals surface area contributed by atoms with Crippen LogP contribution in [0.3, 0.4) is 0 Å². The first kappa shape index (κ1) is 18.5. The summed E-state index contributed by atoms with van der Waals surface area (Å²) in [6, 6.07) is 6.87. The molecule has 1 aromatic carbocycles. The molecular weight excluding hydrogens is 292 g/mol. The lowest BCUT2D eigenvalue weighted by atomic mass is 10.1. The van der Waals surface area contributed by atoms with Gasteiger partial charge < -0.3 is 14.6 Å². The molecule has 0 heterocycles. The Morgan fingerprint density at radius 1 is 1.22 bits per heavy atom. The van der Waals surface area contributed by atoms with Crippen molar-refractivity contribution < 1.29 is 19.4 Å². The molecule has 4 heteroatoms. The number of benzene rings is 1. The summed E-state index contributed by atoms with van der Waals surface area (Å²) in [4.78, 5) is 11.8. The zero-order valence-corrected chi connectivity index (χ0v) is 13.5. The summed E-state index contributed by atoms with van der Waals surface area (Å²) in [7, 11) is 0. The maximum atomic E-state index is 11.8. The molecule has 0 fully saturated rings. The normalized spacial score (nSPS) is 11.8. The molecule has 0 amide bonds. The molecule has 0 aliphatic rings. The second-order valence-corrected chi connectivity index (χ2v) is 4.86. The SMILES string of the molecule is C=C/C(=C\C=C(/C)Oc1ccc(C(=O)C(=C)C)cc1)OCCO. The van der Waals surface area contributed by atoms with Crippen LogP contribution in [0, 0.1) is 0 Å². The van der Waals surface area contributed by atoms with Gasteiger partial charge in [0, 0.05) is 5.56 Å². The Hall–Kier alpha value is -2.59. The van der Waals surface area contributed by atoms with E-state index in [4.69, 9.17) is 14.6 Å². The first-order valence-corrected chi connectivity index (χ1v) is 7.20. The van der Waals surface area contributed by atoms with Gasteiger partial charge in [0.15, 0.2) is 5.78 Å². The summed E-state index contributed by atoms with van der Waals surface area (Å²) < 4.78 is 10.9. The van der Waals surface area contributed by atoms with Gasteiger partial charge in [0.25, 0.3) is 0 Å². The number of hydrogen-bond acceptors (Lipinski definition) is 4. The lowest BCUT2D eigenvalue weighted by Crippen LogP contribution is -1.99. The molecule has 0 aromatic heterocycles. The van der Waals surface area contributed by atoms with Crippen LogP contribution >= 0.6 is 0 Å². The fourth-order valence-electron chi connectivity index (χ4n) is 1.68. The number of rotatable bonds is 9. The quantitative estimate of drug-likeness (QED) is 0.326. The van der Waals surface area contributed by atoms with Gasteiger partial charge in [0.05, 0.1) is 6.61 Å². The molecule has 0 saturated heterocycles. The minimum atomic E-state index is -0.0802. The fourth-order valence-corrected chi connectivity index (χ4v) is 1.68. The number of ether oxygens (including phenoxy) is 2. The summed E-state index contributed by atoms with van der Waals surface area (Å²) >= 11 is 0. The standard InChI is InChI=1S/C19H22O4/c1-5-17(22-13-12-20)9-6-15(4)23-18-10-7-16(8-11-18)19(21)14(2)3/h5-11,20H,1-2,12-13H2,3-4H3/b15-6+,17-9+. The molecule has 122 valence electrons. The van der Waals surface area contributed by atoms with E-state index in [-0.39, 0.29) is 19.0 Å². The maximum absolute atomic E-state index is 11.8. The fraction of sp³-hybridized carbons (Fsp3) is 0.211. The summed E-state index contributed by atoms with van der Waals surface area (Å²) in [5.74, 6) is 1.74. The molecule has 0 aliphatic heterocycles. The maximum Gasteiger partial charge on any atom is 0.188 e. The second kappa shape index (κ2) is 9.43. The third-order valence-corrected chi connectivity index (χ3v) is 2.83. The summed E-state index contributed by atoms with van der Waals surface area (Å²) in [6.45, 7) is 10.9. The van der Waals surface area contributed by atoms with Crippen LogP contribution in [0.4, 0.5) is 0 Å². The molecule has 0 radical (unpaired) electrons. The number of carbonyl (C=O) groups excluding carboxylic acids is 1. The van der Waals surface area contributed by atoms with Gasteiger partial charge in [-0.15, -0.1) is 0 Å². The molecule has 4 nitrogen and oxygen atoms in total. The van der Waals surface area contributed by atoms with Crippen molar-refractivity contribution in [1.29, 1.82) is 0 Å². The van der Waals surface area contributed by atoms with Crippen molar-refractivity contribution >= 4 is 5.78 Å². The Kier molecular flexibility index (Phi) is 7.57. The van der Waals surface area contributed by atoms with Crippen LogP contribution in [0.1, 0.15) is 24.2 Å². The van der Waals surface area contributed by atoms with Gasteiger partial charge >= 0.3 is 0 Å². The van der Waals surface area contributed by atoms with E-state index in [2.05, 4.69) is 13.2 Å². The van der Waals surface area contributed by atoms with E-state index < -0.39 is 0 Å². The average Bonchev–Trinajstić information content (AvgIpc) is 2.55. The Bertz CT molecular complexity index is 621. The topological polar surface area (TPSA) is 55.8 Å². The Morgan fingerprint density at radius 2 is 1.87 bits per heavy atom. The Morgan fingerprint density at radius 3 is 2.39 bits per heavy atom. The van der Waals surface area contributed by atoms with Crippen LogP contribution in [0.5, 0.6) is 5.75 Å². The smallest absolute Gasteiger partial charge is 0.188 e. The third-order valence-electron chi connectivity index (χ3n) is 2.83. The number of carbonyl (C=O) groups is 1. The number of aliphatic hydroxyl groups is 1. The van der Waals surface area contributed by atoms with Crippen molar-refractivity contribution in [3.63, 3.8) is 0 Å². The largest absolute Gasteiger partial charge is 0.491 e. The molecule has 0 bridgehead atoms. The van der Waals surface area contributed by atoms with Gasteiger partial charge in [-0.05, 0) is 61.9 Å². The average molecular weight is 314 g/mol. The summed E-state index contributed by atoms with van der Waals surface area (Å²) in [5.41, 5.74) is 1.08. The van der Waals surface area contributed by atoms with Crippen LogP contribution in [0.2, 0.25) is 0 Å². The number of ketones is 1. The van der Waals surface area contributed by atoms with E-state index in [0.717, 1.165) is 0 Å². The molecule has 0 saturated carbocycles. The van der Waals surface area contributed by atoms with Crippen LogP contribution in [0.25, 0.3) is 0 Å². The molecule has 0 spiro atoms. The number of hydrogen-bond donors (Lipinski definition) is 1. The predicted octanol–water partition coefficient (Wildman–Crippen LogP) is 3.81. The van der Waals surface area contributed by atoms with Crippen molar-refractivity contribution in [2.45, 2.75) is 13.8 Å². The zero-order chi connectivity index (χ0) is 17.2.